The van der Waals surface area contributed by atoms with Crippen LogP contribution in [0.25, 0.3) is 0 Å². The van der Waals surface area contributed by atoms with E-state index in [2.05, 4.69) is 0 Å². The molecule has 0 heterocycles. The summed E-state index contributed by atoms with van der Waals surface area (Å²) in [4.78, 5) is 22.9. The smallest absolute Gasteiger partial charge is 0.306 e. The Morgan fingerprint density at radius 3 is 2.41 bits per heavy atom. The molecule has 0 aromatic heterocycles. The van der Waals surface area contributed by atoms with Crippen LogP contribution >= 0.6 is 0 Å². The summed E-state index contributed by atoms with van der Waals surface area (Å²) in [5.41, 5.74) is 0.593. The van der Waals surface area contributed by atoms with Gasteiger partial charge in [0.05, 0.1) is 5.92 Å². The van der Waals surface area contributed by atoms with E-state index in [1.165, 1.54) is 0 Å². The summed E-state index contributed by atoms with van der Waals surface area (Å²) in [6.07, 6.45) is 2.46. The number of aliphatic carboxylic acids is 1. The molecule has 1 aromatic rings. The summed E-state index contributed by atoms with van der Waals surface area (Å²) in [6.45, 7) is 2.01. The molecule has 0 radical (unpaired) electrons. The molecule has 0 bridgehead atoms. The van der Waals surface area contributed by atoms with E-state index in [0.717, 1.165) is 12.8 Å². The largest absolute Gasteiger partial charge is 0.481 e. The van der Waals surface area contributed by atoms with E-state index < -0.39 is 11.9 Å². The van der Waals surface area contributed by atoms with E-state index in [1.54, 1.807) is 24.3 Å². The number of ketones is 1. The Labute approximate surface area is 101 Å². The van der Waals surface area contributed by atoms with Crippen molar-refractivity contribution in [3.63, 3.8) is 0 Å². The van der Waals surface area contributed by atoms with Crippen LogP contribution in [0.5, 0.6) is 0 Å². The fourth-order valence-electron chi connectivity index (χ4n) is 1.73. The van der Waals surface area contributed by atoms with E-state index in [1.807, 2.05) is 13.0 Å². The minimum absolute atomic E-state index is 0.0888. The third-order valence-corrected chi connectivity index (χ3v) is 2.78. The van der Waals surface area contributed by atoms with Crippen LogP contribution in [-0.2, 0) is 4.79 Å². The van der Waals surface area contributed by atoms with Gasteiger partial charge in [0.2, 0.25) is 0 Å². The molecule has 1 aromatic carbocycles. The summed E-state index contributed by atoms with van der Waals surface area (Å²) < 4.78 is 0. The zero-order chi connectivity index (χ0) is 12.7. The number of Topliss-reactive ketones (excluding diaryl/α,β-unsaturated/α-hetero) is 1. The minimum Gasteiger partial charge on any atom is -0.481 e. The van der Waals surface area contributed by atoms with E-state index in [9.17, 15) is 9.59 Å². The molecule has 17 heavy (non-hydrogen) atoms. The third kappa shape index (κ3) is 4.39. The van der Waals surface area contributed by atoms with Gasteiger partial charge in [-0.2, -0.15) is 0 Å². The number of benzene rings is 1. The Morgan fingerprint density at radius 2 is 1.88 bits per heavy atom. The SMILES string of the molecule is CCCCC(CC(=O)c1ccccc1)C(=O)O. The maximum Gasteiger partial charge on any atom is 0.306 e. The molecule has 0 aliphatic rings. The third-order valence-electron chi connectivity index (χ3n) is 2.78. The molecule has 0 aliphatic heterocycles. The average Bonchev–Trinajstić information content (AvgIpc) is 2.35. The quantitative estimate of drug-likeness (QED) is 0.737. The van der Waals surface area contributed by atoms with Crippen molar-refractivity contribution >= 4 is 11.8 Å². The van der Waals surface area contributed by atoms with Crippen LogP contribution < -0.4 is 0 Å². The predicted molar refractivity (Wildman–Crippen MR) is 66.0 cm³/mol. The summed E-state index contributed by atoms with van der Waals surface area (Å²) in [7, 11) is 0. The number of carboxylic acid groups (broad SMARTS) is 1. The number of rotatable bonds is 7. The Hall–Kier alpha value is -1.64. The predicted octanol–water partition coefficient (Wildman–Crippen LogP) is 3.15. The highest BCUT2D eigenvalue weighted by molar-refractivity contribution is 5.97. The van der Waals surface area contributed by atoms with Crippen LogP contribution in [-0.4, -0.2) is 16.9 Å². The Morgan fingerprint density at radius 1 is 1.24 bits per heavy atom. The van der Waals surface area contributed by atoms with Gasteiger partial charge in [-0.25, -0.2) is 0 Å². The van der Waals surface area contributed by atoms with Gasteiger partial charge >= 0.3 is 5.97 Å². The molecule has 0 saturated carbocycles. The molecule has 1 unspecified atom stereocenters. The van der Waals surface area contributed by atoms with E-state index in [4.69, 9.17) is 5.11 Å². The molecule has 3 nitrogen and oxygen atoms in total. The molecule has 3 heteroatoms. The minimum atomic E-state index is -0.872. The molecule has 0 fully saturated rings. The highest BCUT2D eigenvalue weighted by atomic mass is 16.4. The molecule has 92 valence electrons. The summed E-state index contributed by atoms with van der Waals surface area (Å²) in [5, 5.41) is 9.04. The van der Waals surface area contributed by atoms with Crippen LogP contribution in [0, 0.1) is 5.92 Å². The van der Waals surface area contributed by atoms with Crippen molar-refractivity contribution in [1.29, 1.82) is 0 Å². The monoisotopic (exact) mass is 234 g/mol. The normalized spacial score (nSPS) is 12.1. The van der Waals surface area contributed by atoms with Gasteiger partial charge < -0.3 is 5.11 Å². The number of carbonyl (C=O) groups excluding carboxylic acids is 1. The Bertz CT molecular complexity index is 370. The molecule has 1 rings (SSSR count). The van der Waals surface area contributed by atoms with Crippen molar-refractivity contribution in [1.82, 2.24) is 0 Å². The number of hydrogen-bond donors (Lipinski definition) is 1. The Kier molecular flexibility index (Phi) is 5.40. The van der Waals surface area contributed by atoms with Gasteiger partial charge in [0.25, 0.3) is 0 Å². The fourth-order valence-corrected chi connectivity index (χ4v) is 1.73. The number of hydrogen-bond acceptors (Lipinski definition) is 2. The van der Waals surface area contributed by atoms with Gasteiger partial charge in [0, 0.05) is 12.0 Å². The molecule has 0 aliphatic carbocycles. The zero-order valence-corrected chi connectivity index (χ0v) is 10.1. The molecule has 0 saturated heterocycles. The van der Waals surface area contributed by atoms with Crippen molar-refractivity contribution in [2.45, 2.75) is 32.6 Å². The first-order valence-electron chi connectivity index (χ1n) is 5.96. The first-order chi connectivity index (χ1) is 8.15. The lowest BCUT2D eigenvalue weighted by Crippen LogP contribution is -2.18. The second-order valence-electron chi connectivity index (χ2n) is 4.17. The van der Waals surface area contributed by atoms with Gasteiger partial charge in [0.15, 0.2) is 5.78 Å². The standard InChI is InChI=1S/C14H18O3/c1-2-3-7-12(14(16)17)10-13(15)11-8-5-4-6-9-11/h4-6,8-9,12H,2-3,7,10H2,1H3,(H,16,17). The van der Waals surface area contributed by atoms with Gasteiger partial charge in [-0.05, 0) is 6.42 Å². The second-order valence-corrected chi connectivity index (χ2v) is 4.17. The number of carboxylic acids is 1. The van der Waals surface area contributed by atoms with Crippen LogP contribution in [0.4, 0.5) is 0 Å². The van der Waals surface area contributed by atoms with Crippen molar-refractivity contribution in [2.75, 3.05) is 0 Å². The summed E-state index contributed by atoms with van der Waals surface area (Å²) in [5.74, 6) is -1.51. The lowest BCUT2D eigenvalue weighted by atomic mass is 9.94. The summed E-state index contributed by atoms with van der Waals surface area (Å²) in [6, 6.07) is 8.86. The average molecular weight is 234 g/mol. The fraction of sp³-hybridized carbons (Fsp3) is 0.429. The van der Waals surface area contributed by atoms with Crippen molar-refractivity contribution in [2.24, 2.45) is 5.92 Å². The van der Waals surface area contributed by atoms with E-state index in [-0.39, 0.29) is 12.2 Å². The van der Waals surface area contributed by atoms with Crippen LogP contribution in [0.3, 0.4) is 0 Å². The van der Waals surface area contributed by atoms with Crippen LogP contribution in [0.15, 0.2) is 30.3 Å². The molecule has 0 amide bonds. The molecular formula is C14H18O3. The van der Waals surface area contributed by atoms with Gasteiger partial charge in [-0.15, -0.1) is 0 Å². The maximum absolute atomic E-state index is 11.9. The number of carbonyl (C=O) groups is 2. The van der Waals surface area contributed by atoms with E-state index in [0.29, 0.717) is 12.0 Å². The van der Waals surface area contributed by atoms with E-state index >= 15 is 0 Å². The van der Waals surface area contributed by atoms with Crippen LogP contribution in [0.1, 0.15) is 43.0 Å². The van der Waals surface area contributed by atoms with Gasteiger partial charge in [-0.1, -0.05) is 50.1 Å². The van der Waals surface area contributed by atoms with Gasteiger partial charge in [-0.3, -0.25) is 9.59 Å². The first-order valence-corrected chi connectivity index (χ1v) is 5.96. The first kappa shape index (κ1) is 13.4. The summed E-state index contributed by atoms with van der Waals surface area (Å²) >= 11 is 0. The molecule has 1 atom stereocenters. The molecule has 1 N–H and O–H groups in total. The van der Waals surface area contributed by atoms with Crippen molar-refractivity contribution in [3.8, 4) is 0 Å². The maximum atomic E-state index is 11.9. The topological polar surface area (TPSA) is 54.4 Å². The highest BCUT2D eigenvalue weighted by Crippen LogP contribution is 2.16. The Balaban J connectivity index is 2.61. The van der Waals surface area contributed by atoms with Crippen molar-refractivity contribution < 1.29 is 14.7 Å². The number of unbranched alkanes of at least 4 members (excludes halogenated alkanes) is 1. The molecule has 0 spiro atoms. The van der Waals surface area contributed by atoms with Gasteiger partial charge in [0.1, 0.15) is 0 Å². The van der Waals surface area contributed by atoms with Crippen LogP contribution in [0.2, 0.25) is 0 Å². The zero-order valence-electron chi connectivity index (χ0n) is 10.1. The lowest BCUT2D eigenvalue weighted by Gasteiger charge is -2.10. The lowest BCUT2D eigenvalue weighted by molar-refractivity contribution is -0.141. The molecular weight excluding hydrogens is 216 g/mol. The highest BCUT2D eigenvalue weighted by Gasteiger charge is 2.21. The second kappa shape index (κ2) is 6.84. The van der Waals surface area contributed by atoms with Crippen molar-refractivity contribution in [3.05, 3.63) is 35.9 Å².